The summed E-state index contributed by atoms with van der Waals surface area (Å²) in [6.07, 6.45) is 0. The van der Waals surface area contributed by atoms with Crippen molar-refractivity contribution in [2.24, 2.45) is 16.2 Å². The van der Waals surface area contributed by atoms with E-state index in [0.29, 0.717) is 0 Å². The lowest BCUT2D eigenvalue weighted by molar-refractivity contribution is 1.05. The van der Waals surface area contributed by atoms with E-state index in [4.69, 9.17) is 11.6 Å². The normalized spacial score (nSPS) is 10.6. The van der Waals surface area contributed by atoms with Crippen molar-refractivity contribution in [2.75, 3.05) is 5.73 Å². The number of rotatable bonds is 1. The molecule has 4 nitrogen and oxygen atoms in total. The van der Waals surface area contributed by atoms with Crippen molar-refractivity contribution in [1.82, 2.24) is 0 Å². The highest BCUT2D eigenvalue weighted by atomic mass is 15.3. The summed E-state index contributed by atoms with van der Waals surface area (Å²) >= 11 is 0. The fourth-order valence-electron chi connectivity index (χ4n) is 0.853. The maximum absolute atomic E-state index is 5.52. The van der Waals surface area contributed by atoms with Gasteiger partial charge in [0.2, 0.25) is 0 Å². The highest BCUT2D eigenvalue weighted by molar-refractivity contribution is 5.53. The van der Waals surface area contributed by atoms with E-state index in [1.165, 1.54) is 0 Å². The molecule has 0 heterocycles. The number of nitrogens with two attached hydrogens (primary N) is 2. The number of hydrogen-bond acceptors (Lipinski definition) is 3. The molecule has 11 heavy (non-hydrogen) atoms. The maximum Gasteiger partial charge on any atom is 0.0904 e. The molecule has 0 unspecified atom stereocenters. The third-order valence-electron chi connectivity index (χ3n) is 1.39. The number of hydrogen-bond donors (Lipinski definition) is 2. The van der Waals surface area contributed by atoms with E-state index in [9.17, 15) is 0 Å². The van der Waals surface area contributed by atoms with Crippen LogP contribution in [0.1, 0.15) is 5.56 Å². The van der Waals surface area contributed by atoms with Crippen molar-refractivity contribution in [1.29, 1.82) is 0 Å². The quantitative estimate of drug-likeness (QED) is 0.275. The van der Waals surface area contributed by atoms with Gasteiger partial charge >= 0.3 is 0 Å². The van der Waals surface area contributed by atoms with Gasteiger partial charge in [0.25, 0.3) is 0 Å². The first-order valence-electron chi connectivity index (χ1n) is 3.21. The van der Waals surface area contributed by atoms with Crippen LogP contribution in [0.2, 0.25) is 0 Å². The summed E-state index contributed by atoms with van der Waals surface area (Å²) in [6, 6.07) is 5.36. The van der Waals surface area contributed by atoms with Crippen LogP contribution in [0.25, 0.3) is 0 Å². The molecule has 0 atom stereocenters. The number of benzene rings is 1. The standard InChI is InChI=1S/C7H10N4/c1-5-4-6(8)2-3-7(5)10-11-9/h2-4H,8H2,1H3,(H2,9,10). The lowest BCUT2D eigenvalue weighted by Gasteiger charge is -1.98. The Kier molecular flexibility index (Phi) is 2.06. The third-order valence-corrected chi connectivity index (χ3v) is 1.39. The second-order valence-electron chi connectivity index (χ2n) is 2.26. The average Bonchev–Trinajstić information content (AvgIpc) is 1.95. The molecule has 58 valence electrons. The maximum atomic E-state index is 5.52. The molecule has 0 saturated carbocycles. The van der Waals surface area contributed by atoms with Crippen molar-refractivity contribution in [3.05, 3.63) is 23.8 Å². The van der Waals surface area contributed by atoms with Gasteiger partial charge in [0.05, 0.1) is 5.69 Å². The Labute approximate surface area is 64.9 Å². The van der Waals surface area contributed by atoms with Crippen LogP contribution in [-0.2, 0) is 0 Å². The van der Waals surface area contributed by atoms with Crippen LogP contribution in [0.4, 0.5) is 11.4 Å². The molecule has 0 aliphatic rings. The van der Waals surface area contributed by atoms with Crippen LogP contribution >= 0.6 is 0 Å². The molecule has 0 bridgehead atoms. The van der Waals surface area contributed by atoms with Gasteiger partial charge in [-0.1, -0.05) is 5.22 Å². The second-order valence-corrected chi connectivity index (χ2v) is 2.26. The molecule has 1 aromatic carbocycles. The summed E-state index contributed by atoms with van der Waals surface area (Å²) in [6.45, 7) is 1.90. The Hall–Kier alpha value is -1.58. The SMILES string of the molecule is Cc1cc(N)ccc1N=NN. The van der Waals surface area contributed by atoms with Crippen LogP contribution < -0.4 is 11.6 Å². The molecule has 0 saturated heterocycles. The molecule has 1 rings (SSSR count). The first kappa shape index (κ1) is 7.53. The predicted molar refractivity (Wildman–Crippen MR) is 44.3 cm³/mol. The van der Waals surface area contributed by atoms with Gasteiger partial charge in [-0.05, 0) is 30.7 Å². The lowest BCUT2D eigenvalue weighted by atomic mass is 10.2. The summed E-state index contributed by atoms with van der Waals surface area (Å²) in [7, 11) is 0. The molecule has 1 aromatic rings. The highest BCUT2D eigenvalue weighted by Crippen LogP contribution is 2.20. The van der Waals surface area contributed by atoms with E-state index in [-0.39, 0.29) is 0 Å². The Bertz CT molecular complexity index is 280. The third kappa shape index (κ3) is 1.67. The fraction of sp³-hybridized carbons (Fsp3) is 0.143. The molecule has 0 aromatic heterocycles. The zero-order chi connectivity index (χ0) is 8.27. The number of anilines is 1. The van der Waals surface area contributed by atoms with Gasteiger partial charge in [-0.2, -0.15) is 0 Å². The van der Waals surface area contributed by atoms with E-state index < -0.39 is 0 Å². The van der Waals surface area contributed by atoms with Gasteiger partial charge < -0.3 is 11.6 Å². The number of nitrogens with zero attached hydrogens (tertiary/aromatic N) is 2. The summed E-state index contributed by atoms with van der Waals surface area (Å²) in [4.78, 5) is 0. The van der Waals surface area contributed by atoms with Crippen LogP contribution in [0, 0.1) is 6.92 Å². The van der Waals surface area contributed by atoms with Gasteiger partial charge in [0.1, 0.15) is 0 Å². The summed E-state index contributed by atoms with van der Waals surface area (Å²) in [5, 5.41) is 6.88. The minimum Gasteiger partial charge on any atom is -0.399 e. The lowest BCUT2D eigenvalue weighted by Crippen LogP contribution is -1.85. The Morgan fingerprint density at radius 3 is 2.64 bits per heavy atom. The molecule has 4 heteroatoms. The minimum atomic E-state index is 0.721. The zero-order valence-electron chi connectivity index (χ0n) is 6.28. The number of aryl methyl sites for hydroxylation is 1. The van der Waals surface area contributed by atoms with Gasteiger partial charge in [0.15, 0.2) is 0 Å². The van der Waals surface area contributed by atoms with E-state index >= 15 is 0 Å². The average molecular weight is 150 g/mol. The van der Waals surface area contributed by atoms with Crippen LogP contribution in [-0.4, -0.2) is 0 Å². The number of nitrogen functional groups attached to an aromatic ring is 1. The highest BCUT2D eigenvalue weighted by Gasteiger charge is 1.94. The topological polar surface area (TPSA) is 76.8 Å². The monoisotopic (exact) mass is 150 g/mol. The van der Waals surface area contributed by atoms with Crippen molar-refractivity contribution in [3.8, 4) is 0 Å². The van der Waals surface area contributed by atoms with Crippen LogP contribution in [0.3, 0.4) is 0 Å². The molecule has 0 radical (unpaired) electrons. The molecule has 0 spiro atoms. The molecule has 4 N–H and O–H groups in total. The second kappa shape index (κ2) is 3.01. The molecule has 0 aliphatic heterocycles. The summed E-state index contributed by atoms with van der Waals surface area (Å²) in [5.41, 5.74) is 7.96. The van der Waals surface area contributed by atoms with Gasteiger partial charge in [-0.3, -0.25) is 0 Å². The fourth-order valence-corrected chi connectivity index (χ4v) is 0.853. The van der Waals surface area contributed by atoms with Crippen molar-refractivity contribution in [2.45, 2.75) is 6.92 Å². The van der Waals surface area contributed by atoms with Gasteiger partial charge in [0, 0.05) is 5.69 Å². The zero-order valence-corrected chi connectivity index (χ0v) is 6.28. The smallest absolute Gasteiger partial charge is 0.0904 e. The molecule has 0 fully saturated rings. The Balaban J connectivity index is 3.09. The Morgan fingerprint density at radius 2 is 2.09 bits per heavy atom. The first-order chi connectivity index (χ1) is 5.24. The van der Waals surface area contributed by atoms with Crippen molar-refractivity contribution >= 4 is 11.4 Å². The Morgan fingerprint density at radius 1 is 1.36 bits per heavy atom. The van der Waals surface area contributed by atoms with Crippen molar-refractivity contribution < 1.29 is 0 Å². The molecular formula is C7H10N4. The predicted octanol–water partition coefficient (Wildman–Crippen LogP) is 1.53. The van der Waals surface area contributed by atoms with E-state index in [2.05, 4.69) is 10.3 Å². The van der Waals surface area contributed by atoms with Crippen LogP contribution in [0.5, 0.6) is 0 Å². The summed E-state index contributed by atoms with van der Waals surface area (Å²) in [5.74, 6) is 4.89. The minimum absolute atomic E-state index is 0.721. The van der Waals surface area contributed by atoms with Crippen molar-refractivity contribution in [3.63, 3.8) is 0 Å². The molecule has 0 aliphatic carbocycles. The molecule has 0 amide bonds. The van der Waals surface area contributed by atoms with E-state index in [1.54, 1.807) is 12.1 Å². The van der Waals surface area contributed by atoms with Crippen LogP contribution in [0.15, 0.2) is 28.5 Å². The molecular weight excluding hydrogens is 140 g/mol. The van der Waals surface area contributed by atoms with Gasteiger partial charge in [-0.25, -0.2) is 0 Å². The largest absolute Gasteiger partial charge is 0.399 e. The van der Waals surface area contributed by atoms with E-state index in [0.717, 1.165) is 16.9 Å². The first-order valence-corrected chi connectivity index (χ1v) is 3.21. The summed E-state index contributed by atoms with van der Waals surface area (Å²) < 4.78 is 0. The van der Waals surface area contributed by atoms with Gasteiger partial charge in [-0.15, -0.1) is 5.11 Å². The van der Waals surface area contributed by atoms with E-state index in [1.807, 2.05) is 13.0 Å².